The second kappa shape index (κ2) is 6.57. The van der Waals surface area contributed by atoms with Crippen LogP contribution in [0.2, 0.25) is 0 Å². The third kappa shape index (κ3) is 3.72. The monoisotopic (exact) mass is 303 g/mol. The number of anilines is 2. The molecule has 0 unspecified atom stereocenters. The first-order chi connectivity index (χ1) is 10.5. The fourth-order valence-corrected chi connectivity index (χ4v) is 1.79. The normalized spacial score (nSPS) is 9.91. The summed E-state index contributed by atoms with van der Waals surface area (Å²) < 4.78 is 18.4. The molecule has 2 aromatic rings. The van der Waals surface area contributed by atoms with Gasteiger partial charge in [-0.3, -0.25) is 4.79 Å². The van der Waals surface area contributed by atoms with Crippen molar-refractivity contribution in [3.63, 3.8) is 0 Å². The van der Waals surface area contributed by atoms with Gasteiger partial charge in [-0.2, -0.15) is 0 Å². The van der Waals surface area contributed by atoms with Gasteiger partial charge in [0.25, 0.3) is 5.91 Å². The summed E-state index contributed by atoms with van der Waals surface area (Å²) in [6.07, 6.45) is 0. The van der Waals surface area contributed by atoms with Crippen molar-refractivity contribution < 1.29 is 18.7 Å². The van der Waals surface area contributed by atoms with Gasteiger partial charge < -0.3 is 21.1 Å². The van der Waals surface area contributed by atoms with Gasteiger partial charge in [-0.05, 0) is 42.5 Å². The molecule has 0 aliphatic rings. The van der Waals surface area contributed by atoms with Gasteiger partial charge in [0, 0.05) is 16.9 Å². The number of urea groups is 1. The summed E-state index contributed by atoms with van der Waals surface area (Å²) in [5.74, 6) is -1.01. The first-order valence-electron chi connectivity index (χ1n) is 6.31. The molecule has 0 heterocycles. The van der Waals surface area contributed by atoms with Crippen LogP contribution in [0.1, 0.15) is 10.4 Å². The molecule has 0 aliphatic heterocycles. The Bertz CT molecular complexity index is 702. The Labute approximate surface area is 126 Å². The molecule has 22 heavy (non-hydrogen) atoms. The maximum absolute atomic E-state index is 13.6. The average Bonchev–Trinajstić information content (AvgIpc) is 2.48. The second-order valence-electron chi connectivity index (χ2n) is 4.37. The molecule has 6 nitrogen and oxygen atoms in total. The van der Waals surface area contributed by atoms with E-state index in [1.54, 1.807) is 24.3 Å². The Kier molecular flexibility index (Phi) is 4.57. The highest BCUT2D eigenvalue weighted by molar-refractivity contribution is 6.04. The van der Waals surface area contributed by atoms with E-state index in [4.69, 9.17) is 10.5 Å². The van der Waals surface area contributed by atoms with Crippen LogP contribution in [-0.4, -0.2) is 19.0 Å². The number of halogens is 1. The third-order valence-corrected chi connectivity index (χ3v) is 2.82. The van der Waals surface area contributed by atoms with Crippen LogP contribution in [0.3, 0.4) is 0 Å². The Hall–Kier alpha value is -3.09. The van der Waals surface area contributed by atoms with Gasteiger partial charge in [-0.25, -0.2) is 9.18 Å². The summed E-state index contributed by atoms with van der Waals surface area (Å²) in [5, 5.41) is 5.01. The lowest BCUT2D eigenvalue weighted by molar-refractivity contribution is 0.102. The summed E-state index contributed by atoms with van der Waals surface area (Å²) in [6.45, 7) is 0. The highest BCUT2D eigenvalue weighted by atomic mass is 19.1. The third-order valence-electron chi connectivity index (χ3n) is 2.82. The topological polar surface area (TPSA) is 93.4 Å². The van der Waals surface area contributed by atoms with Crippen molar-refractivity contribution in [1.29, 1.82) is 0 Å². The summed E-state index contributed by atoms with van der Waals surface area (Å²) in [5.41, 5.74) is 6.15. The minimum absolute atomic E-state index is 0.0680. The van der Waals surface area contributed by atoms with E-state index >= 15 is 0 Å². The number of carbonyl (C=O) groups is 2. The summed E-state index contributed by atoms with van der Waals surface area (Å²) in [6, 6.07) is 9.59. The van der Waals surface area contributed by atoms with E-state index in [-0.39, 0.29) is 11.3 Å². The van der Waals surface area contributed by atoms with Gasteiger partial charge in [-0.15, -0.1) is 0 Å². The quantitative estimate of drug-likeness (QED) is 0.810. The van der Waals surface area contributed by atoms with E-state index in [2.05, 4.69) is 10.6 Å². The number of nitrogens with one attached hydrogen (secondary N) is 2. The van der Waals surface area contributed by atoms with E-state index < -0.39 is 17.8 Å². The van der Waals surface area contributed by atoms with Crippen LogP contribution in [0.25, 0.3) is 0 Å². The zero-order valence-electron chi connectivity index (χ0n) is 11.7. The molecule has 7 heteroatoms. The highest BCUT2D eigenvalue weighted by Gasteiger charge is 2.10. The first-order valence-corrected chi connectivity index (χ1v) is 6.31. The Morgan fingerprint density at radius 2 is 1.64 bits per heavy atom. The van der Waals surface area contributed by atoms with Crippen LogP contribution in [0, 0.1) is 5.82 Å². The van der Waals surface area contributed by atoms with Crippen LogP contribution in [0.15, 0.2) is 42.5 Å². The highest BCUT2D eigenvalue weighted by Crippen LogP contribution is 2.19. The molecule has 4 N–H and O–H groups in total. The smallest absolute Gasteiger partial charge is 0.316 e. The maximum atomic E-state index is 13.6. The SMILES string of the molecule is COc1ccc(C(=O)Nc2ccc(NC(N)=O)cc2)cc1F. The molecular formula is C15H14FN3O3. The molecule has 0 saturated carbocycles. The molecular weight excluding hydrogens is 289 g/mol. The van der Waals surface area contributed by atoms with E-state index in [0.717, 1.165) is 6.07 Å². The fourth-order valence-electron chi connectivity index (χ4n) is 1.79. The fraction of sp³-hybridized carbons (Fsp3) is 0.0667. The number of primary amides is 1. The summed E-state index contributed by atoms with van der Waals surface area (Å²) in [4.78, 5) is 22.7. The largest absolute Gasteiger partial charge is 0.494 e. The lowest BCUT2D eigenvalue weighted by Gasteiger charge is -2.08. The lowest BCUT2D eigenvalue weighted by atomic mass is 10.2. The van der Waals surface area contributed by atoms with Gasteiger partial charge in [0.2, 0.25) is 0 Å². The minimum Gasteiger partial charge on any atom is -0.494 e. The number of hydrogen-bond donors (Lipinski definition) is 3. The number of benzene rings is 2. The standard InChI is InChI=1S/C15H14FN3O3/c1-22-13-7-2-9(8-12(13)16)14(20)18-10-3-5-11(6-4-10)19-15(17)21/h2-8H,1H3,(H,18,20)(H3,17,19,21). The number of methoxy groups -OCH3 is 1. The molecule has 0 fully saturated rings. The van der Waals surface area contributed by atoms with Crippen LogP contribution >= 0.6 is 0 Å². The van der Waals surface area contributed by atoms with Crippen LogP contribution in [0.4, 0.5) is 20.6 Å². The van der Waals surface area contributed by atoms with Crippen LogP contribution in [0.5, 0.6) is 5.75 Å². The number of amides is 3. The van der Waals surface area contributed by atoms with Gasteiger partial charge >= 0.3 is 6.03 Å². The molecule has 2 aromatic carbocycles. The average molecular weight is 303 g/mol. The van der Waals surface area contributed by atoms with Crippen molar-refractivity contribution >= 4 is 23.3 Å². The van der Waals surface area contributed by atoms with Crippen LogP contribution in [-0.2, 0) is 0 Å². The van der Waals surface area contributed by atoms with Crippen molar-refractivity contribution in [2.75, 3.05) is 17.7 Å². The zero-order valence-corrected chi connectivity index (χ0v) is 11.7. The predicted molar refractivity (Wildman–Crippen MR) is 80.6 cm³/mol. The molecule has 0 bridgehead atoms. The van der Waals surface area contributed by atoms with E-state index in [1.807, 2.05) is 0 Å². The van der Waals surface area contributed by atoms with Crippen molar-refractivity contribution in [3.8, 4) is 5.75 Å². The molecule has 0 atom stereocenters. The van der Waals surface area contributed by atoms with E-state index in [1.165, 1.54) is 19.2 Å². The minimum atomic E-state index is -0.675. The Balaban J connectivity index is 2.08. The number of ether oxygens (including phenoxy) is 1. The molecule has 0 spiro atoms. The number of nitrogens with two attached hydrogens (primary N) is 1. The van der Waals surface area contributed by atoms with Crippen molar-refractivity contribution in [3.05, 3.63) is 53.8 Å². The van der Waals surface area contributed by atoms with E-state index in [9.17, 15) is 14.0 Å². The first kappa shape index (κ1) is 15.3. The maximum Gasteiger partial charge on any atom is 0.316 e. The molecule has 0 aliphatic carbocycles. The van der Waals surface area contributed by atoms with Gasteiger partial charge in [-0.1, -0.05) is 0 Å². The molecule has 2 rings (SSSR count). The second-order valence-corrected chi connectivity index (χ2v) is 4.37. The Morgan fingerprint density at radius 3 is 2.14 bits per heavy atom. The number of carbonyl (C=O) groups excluding carboxylic acids is 2. The van der Waals surface area contributed by atoms with Gasteiger partial charge in [0.15, 0.2) is 11.6 Å². The summed E-state index contributed by atoms with van der Waals surface area (Å²) >= 11 is 0. The lowest BCUT2D eigenvalue weighted by Crippen LogP contribution is -2.19. The predicted octanol–water partition coefficient (Wildman–Crippen LogP) is 2.58. The number of rotatable bonds is 4. The molecule has 0 saturated heterocycles. The van der Waals surface area contributed by atoms with Crippen LogP contribution < -0.4 is 21.1 Å². The zero-order chi connectivity index (χ0) is 16.1. The molecule has 114 valence electrons. The Morgan fingerprint density at radius 1 is 1.05 bits per heavy atom. The van der Waals surface area contributed by atoms with Crippen molar-refractivity contribution in [2.45, 2.75) is 0 Å². The van der Waals surface area contributed by atoms with Gasteiger partial charge in [0.1, 0.15) is 0 Å². The van der Waals surface area contributed by atoms with Gasteiger partial charge in [0.05, 0.1) is 7.11 Å². The molecule has 3 amide bonds. The van der Waals surface area contributed by atoms with Crippen molar-refractivity contribution in [1.82, 2.24) is 0 Å². The van der Waals surface area contributed by atoms with Crippen molar-refractivity contribution in [2.24, 2.45) is 5.73 Å². The number of hydrogen-bond acceptors (Lipinski definition) is 3. The van der Waals surface area contributed by atoms with E-state index in [0.29, 0.717) is 11.4 Å². The molecule has 0 aromatic heterocycles. The molecule has 0 radical (unpaired) electrons. The summed E-state index contributed by atoms with van der Waals surface area (Å²) in [7, 11) is 1.35.